The fraction of sp³-hybridized carbons (Fsp3) is 0.294. The molecule has 0 fully saturated rings. The van der Waals surface area contributed by atoms with E-state index in [1.807, 2.05) is 31.2 Å². The molecule has 0 atom stereocenters. The quantitative estimate of drug-likeness (QED) is 0.544. The van der Waals surface area contributed by atoms with E-state index in [1.165, 1.54) is 17.0 Å². The van der Waals surface area contributed by atoms with Gasteiger partial charge in [0.25, 0.3) is 0 Å². The normalized spacial score (nSPS) is 13.6. The standard InChI is InChI=1S/C17H19N2O.BrH/c1-13-5-7-15(8-6-13)17(20)12-19-11-10-18-9-3-4-16(18)14(19)2;/h3-9H,10-12H2,1-2H3;1H/q+1;/p-1. The van der Waals surface area contributed by atoms with E-state index in [4.69, 9.17) is 0 Å². The molecule has 0 saturated carbocycles. The lowest BCUT2D eigenvalue weighted by molar-refractivity contribution is -0.518. The Bertz CT molecular complexity index is 683. The minimum atomic E-state index is 0. The average Bonchev–Trinajstić information content (AvgIpc) is 2.92. The van der Waals surface area contributed by atoms with E-state index in [0.29, 0.717) is 6.54 Å². The third-order valence-corrected chi connectivity index (χ3v) is 3.99. The maximum Gasteiger partial charge on any atom is 0.227 e. The summed E-state index contributed by atoms with van der Waals surface area (Å²) in [6, 6.07) is 12.0. The molecule has 1 aliphatic rings. The predicted molar refractivity (Wildman–Crippen MR) is 79.7 cm³/mol. The Balaban J connectivity index is 0.00000161. The Hall–Kier alpha value is -1.68. The van der Waals surface area contributed by atoms with E-state index < -0.39 is 0 Å². The highest BCUT2D eigenvalue weighted by molar-refractivity contribution is 5.99. The molecule has 0 bridgehead atoms. The van der Waals surface area contributed by atoms with Crippen LogP contribution in [0.3, 0.4) is 0 Å². The molecular weight excluding hydrogens is 328 g/mol. The van der Waals surface area contributed by atoms with Gasteiger partial charge in [-0.2, -0.15) is 0 Å². The zero-order valence-electron chi connectivity index (χ0n) is 12.3. The highest BCUT2D eigenvalue weighted by Gasteiger charge is 2.23. The second kappa shape index (κ2) is 6.39. The highest BCUT2D eigenvalue weighted by atomic mass is 79.9. The van der Waals surface area contributed by atoms with Crippen LogP contribution < -0.4 is 17.0 Å². The van der Waals surface area contributed by atoms with Crippen LogP contribution in [0.2, 0.25) is 0 Å². The summed E-state index contributed by atoms with van der Waals surface area (Å²) in [5, 5.41) is 0. The maximum atomic E-state index is 12.4. The number of carbonyl (C=O) groups excluding carboxylic acids is 1. The first kappa shape index (κ1) is 15.7. The van der Waals surface area contributed by atoms with Gasteiger partial charge in [-0.05, 0) is 19.1 Å². The van der Waals surface area contributed by atoms with Crippen LogP contribution in [0.1, 0.15) is 28.5 Å². The van der Waals surface area contributed by atoms with E-state index in [0.717, 1.165) is 18.7 Å². The number of benzene rings is 1. The van der Waals surface area contributed by atoms with Gasteiger partial charge in [0.2, 0.25) is 12.3 Å². The van der Waals surface area contributed by atoms with Crippen LogP contribution in [0, 0.1) is 6.92 Å². The van der Waals surface area contributed by atoms with Crippen LogP contribution in [-0.4, -0.2) is 33.7 Å². The lowest BCUT2D eigenvalue weighted by Gasteiger charge is -2.15. The van der Waals surface area contributed by atoms with Crippen molar-refractivity contribution >= 4 is 11.5 Å². The smallest absolute Gasteiger partial charge is 0.227 e. The summed E-state index contributed by atoms with van der Waals surface area (Å²) in [6.45, 7) is 6.42. The summed E-state index contributed by atoms with van der Waals surface area (Å²) in [5.41, 5.74) is 4.37. The third-order valence-electron chi connectivity index (χ3n) is 3.99. The topological polar surface area (TPSA) is 25.0 Å². The van der Waals surface area contributed by atoms with Crippen LogP contribution in [0.25, 0.3) is 0 Å². The lowest BCUT2D eigenvalue weighted by atomic mass is 10.1. The predicted octanol–water partition coefficient (Wildman–Crippen LogP) is -0.481. The number of hydrogen-bond acceptors (Lipinski definition) is 1. The van der Waals surface area contributed by atoms with Gasteiger partial charge in [-0.15, -0.1) is 0 Å². The van der Waals surface area contributed by atoms with Gasteiger partial charge in [0.1, 0.15) is 5.69 Å². The Kier molecular flexibility index (Phi) is 4.78. The second-order valence-corrected chi connectivity index (χ2v) is 5.38. The molecule has 0 radical (unpaired) electrons. The monoisotopic (exact) mass is 346 g/mol. The number of aromatic nitrogens is 1. The van der Waals surface area contributed by atoms with Gasteiger partial charge in [-0.3, -0.25) is 4.79 Å². The number of hydrogen-bond donors (Lipinski definition) is 0. The molecule has 0 unspecified atom stereocenters. The van der Waals surface area contributed by atoms with Crippen LogP contribution in [0.15, 0.2) is 42.6 Å². The fourth-order valence-corrected chi connectivity index (χ4v) is 2.70. The lowest BCUT2D eigenvalue weighted by Crippen LogP contribution is -3.00. The van der Waals surface area contributed by atoms with Crippen molar-refractivity contribution < 1.29 is 26.4 Å². The molecule has 0 saturated heterocycles. The van der Waals surface area contributed by atoms with Gasteiger partial charge in [0.15, 0.2) is 12.3 Å². The molecule has 3 rings (SSSR count). The van der Waals surface area contributed by atoms with Crippen LogP contribution >= 0.6 is 0 Å². The first-order valence-corrected chi connectivity index (χ1v) is 6.99. The number of nitrogens with zero attached hydrogens (tertiary/aromatic N) is 2. The van der Waals surface area contributed by atoms with Crippen molar-refractivity contribution in [2.24, 2.45) is 0 Å². The number of fused-ring (bicyclic) bond motifs is 1. The summed E-state index contributed by atoms with van der Waals surface area (Å²) in [5.74, 6) is 0.185. The molecule has 21 heavy (non-hydrogen) atoms. The molecule has 1 aliphatic heterocycles. The summed E-state index contributed by atoms with van der Waals surface area (Å²) in [4.78, 5) is 12.4. The minimum Gasteiger partial charge on any atom is -1.00 e. The van der Waals surface area contributed by atoms with Gasteiger partial charge in [0.05, 0.1) is 6.54 Å². The van der Waals surface area contributed by atoms with Crippen molar-refractivity contribution in [1.29, 1.82) is 0 Å². The van der Waals surface area contributed by atoms with E-state index in [9.17, 15) is 4.79 Å². The fourth-order valence-electron chi connectivity index (χ4n) is 2.70. The van der Waals surface area contributed by atoms with Gasteiger partial charge < -0.3 is 21.5 Å². The molecular formula is C17H19BrN2O. The molecule has 0 aliphatic carbocycles. The van der Waals surface area contributed by atoms with Crippen LogP contribution in [0.4, 0.5) is 0 Å². The minimum absolute atomic E-state index is 0. The van der Waals surface area contributed by atoms with Crippen LogP contribution in [0.5, 0.6) is 0 Å². The number of Topliss-reactive ketones (excluding diaryl/α,β-unsaturated/α-hetero) is 1. The van der Waals surface area contributed by atoms with Crippen molar-refractivity contribution in [3.63, 3.8) is 0 Å². The van der Waals surface area contributed by atoms with Crippen LogP contribution in [-0.2, 0) is 6.54 Å². The second-order valence-electron chi connectivity index (χ2n) is 5.38. The molecule has 2 heterocycles. The number of aryl methyl sites for hydroxylation is 1. The van der Waals surface area contributed by atoms with Gasteiger partial charge in [0, 0.05) is 18.7 Å². The Morgan fingerprint density at radius 3 is 2.62 bits per heavy atom. The molecule has 2 aromatic rings. The highest BCUT2D eigenvalue weighted by Crippen LogP contribution is 2.10. The Morgan fingerprint density at radius 2 is 1.90 bits per heavy atom. The van der Waals surface area contributed by atoms with Crippen molar-refractivity contribution in [3.05, 3.63) is 59.4 Å². The van der Waals surface area contributed by atoms with Gasteiger partial charge in [-0.1, -0.05) is 29.8 Å². The number of halogens is 1. The van der Waals surface area contributed by atoms with Gasteiger partial charge >= 0.3 is 0 Å². The zero-order valence-corrected chi connectivity index (χ0v) is 13.9. The maximum absolute atomic E-state index is 12.4. The molecule has 4 heteroatoms. The van der Waals surface area contributed by atoms with Crippen molar-refractivity contribution in [2.45, 2.75) is 20.4 Å². The summed E-state index contributed by atoms with van der Waals surface area (Å²) < 4.78 is 4.42. The van der Waals surface area contributed by atoms with Crippen molar-refractivity contribution in [1.82, 2.24) is 4.57 Å². The average molecular weight is 347 g/mol. The van der Waals surface area contributed by atoms with E-state index in [1.54, 1.807) is 0 Å². The third kappa shape index (κ3) is 3.16. The Labute approximate surface area is 135 Å². The van der Waals surface area contributed by atoms with E-state index in [2.05, 4.69) is 34.4 Å². The first-order chi connectivity index (χ1) is 9.65. The molecule has 0 amide bonds. The number of carbonyl (C=O) groups is 1. The van der Waals surface area contributed by atoms with E-state index in [-0.39, 0.29) is 22.8 Å². The summed E-state index contributed by atoms with van der Waals surface area (Å²) >= 11 is 0. The number of rotatable bonds is 3. The zero-order chi connectivity index (χ0) is 14.1. The molecule has 1 aromatic carbocycles. The molecule has 1 aromatic heterocycles. The molecule has 0 spiro atoms. The van der Waals surface area contributed by atoms with Crippen molar-refractivity contribution in [3.8, 4) is 0 Å². The molecule has 3 nitrogen and oxygen atoms in total. The van der Waals surface area contributed by atoms with Crippen molar-refractivity contribution in [2.75, 3.05) is 13.1 Å². The molecule has 0 N–H and O–H groups in total. The largest absolute Gasteiger partial charge is 1.00 e. The Morgan fingerprint density at radius 1 is 1.19 bits per heavy atom. The van der Waals surface area contributed by atoms with Gasteiger partial charge in [-0.25, -0.2) is 4.58 Å². The number of ketones is 1. The summed E-state index contributed by atoms with van der Waals surface area (Å²) in [6.07, 6.45) is 2.10. The first-order valence-electron chi connectivity index (χ1n) is 6.99. The van der Waals surface area contributed by atoms with E-state index >= 15 is 0 Å². The molecule has 110 valence electrons. The summed E-state index contributed by atoms with van der Waals surface area (Å²) in [7, 11) is 0. The SMILES string of the molecule is CC1=[N+](CC(=O)c2ccc(C)cc2)CCn2cccc21.[Br-].